The lowest BCUT2D eigenvalue weighted by Crippen LogP contribution is -2.29. The number of hydrogen-bond acceptors (Lipinski definition) is 9. The van der Waals surface area contributed by atoms with Crippen molar-refractivity contribution in [3.63, 3.8) is 0 Å². The Morgan fingerprint density at radius 2 is 0.911 bits per heavy atom. The van der Waals surface area contributed by atoms with Crippen LogP contribution >= 0.6 is 7.82 Å². The van der Waals surface area contributed by atoms with E-state index in [4.69, 9.17) is 19.1 Å². The van der Waals surface area contributed by atoms with Gasteiger partial charge < -0.3 is 24.6 Å². The predicted molar refractivity (Wildman–Crippen MR) is 228 cm³/mol. The molecule has 0 radical (unpaired) electrons. The molecule has 0 fully saturated rings. The van der Waals surface area contributed by atoms with Crippen molar-refractivity contribution in [2.24, 2.45) is 0 Å². The molecule has 0 aliphatic heterocycles. The number of aliphatic hydroxyl groups excluding tert-OH is 2. The fourth-order valence-corrected chi connectivity index (χ4v) is 7.07. The Kier molecular flexibility index (Phi) is 40.5. The molecule has 0 rings (SSSR count). The molecule has 0 aromatic heterocycles. The summed E-state index contributed by atoms with van der Waals surface area (Å²) in [6, 6.07) is 0. The van der Waals surface area contributed by atoms with Crippen LogP contribution in [0.3, 0.4) is 0 Å². The maximum atomic E-state index is 12.6. The first-order chi connectivity index (χ1) is 27.2. The van der Waals surface area contributed by atoms with Crippen molar-refractivity contribution in [1.29, 1.82) is 0 Å². The quantitative estimate of drug-likeness (QED) is 0.0235. The van der Waals surface area contributed by atoms with Gasteiger partial charge in [0.1, 0.15) is 12.7 Å². The van der Waals surface area contributed by atoms with E-state index >= 15 is 0 Å². The van der Waals surface area contributed by atoms with Gasteiger partial charge in [0.2, 0.25) is 0 Å². The van der Waals surface area contributed by atoms with E-state index in [1.165, 1.54) is 109 Å². The number of phosphoric acid groups is 1. The van der Waals surface area contributed by atoms with E-state index in [9.17, 15) is 24.2 Å². The van der Waals surface area contributed by atoms with Gasteiger partial charge in [-0.3, -0.25) is 18.6 Å². The molecular weight excluding hydrogens is 731 g/mol. The molecule has 3 N–H and O–H groups in total. The van der Waals surface area contributed by atoms with Crippen molar-refractivity contribution in [3.05, 3.63) is 24.3 Å². The lowest BCUT2D eigenvalue weighted by Gasteiger charge is -2.20. The van der Waals surface area contributed by atoms with Crippen molar-refractivity contribution < 1.29 is 47.8 Å². The van der Waals surface area contributed by atoms with E-state index in [0.29, 0.717) is 12.8 Å². The van der Waals surface area contributed by atoms with Crippen LogP contribution in [0.4, 0.5) is 0 Å². The molecule has 0 heterocycles. The van der Waals surface area contributed by atoms with Gasteiger partial charge in [-0.2, -0.15) is 0 Å². The Hall–Kier alpha value is -1.55. The number of unbranched alkanes of at least 4 members (excludes halogenated alkanes) is 25. The zero-order valence-corrected chi connectivity index (χ0v) is 36.8. The van der Waals surface area contributed by atoms with Gasteiger partial charge in [-0.1, -0.05) is 167 Å². The first-order valence-electron chi connectivity index (χ1n) is 22.8. The average molecular weight is 817 g/mol. The minimum Gasteiger partial charge on any atom is -0.462 e. The van der Waals surface area contributed by atoms with Crippen LogP contribution in [-0.2, 0) is 32.7 Å². The summed E-state index contributed by atoms with van der Waals surface area (Å²) in [7, 11) is -4.61. The molecule has 11 heteroatoms. The highest BCUT2D eigenvalue weighted by Crippen LogP contribution is 2.43. The molecule has 0 spiro atoms. The molecule has 0 aliphatic rings. The number of esters is 2. The van der Waals surface area contributed by atoms with Gasteiger partial charge in [0.25, 0.3) is 0 Å². The zero-order valence-electron chi connectivity index (χ0n) is 35.9. The first kappa shape index (κ1) is 54.5. The van der Waals surface area contributed by atoms with E-state index in [1.807, 2.05) is 0 Å². The predicted octanol–water partition coefficient (Wildman–Crippen LogP) is 12.2. The first-order valence-corrected chi connectivity index (χ1v) is 24.3. The standard InChI is InChI=1S/C45H85O10P/c1-3-5-7-9-11-13-15-16-17-18-19-20-21-22-23-24-25-26-27-29-31-33-35-37-45(49)55-43(41-54-56(50,51)53-39-42(47)38-46)40-52-44(48)36-34-32-30-28-14-12-10-8-6-4-2/h8,10,18-19,42-43,46-47H,3-7,9,11-17,20-41H2,1-2H3,(H,50,51)/b10-8-,19-18-. The van der Waals surface area contributed by atoms with Gasteiger partial charge in [0.05, 0.1) is 19.8 Å². The van der Waals surface area contributed by atoms with Gasteiger partial charge in [-0.05, 0) is 57.8 Å². The normalized spacial score (nSPS) is 14.0. The summed E-state index contributed by atoms with van der Waals surface area (Å²) < 4.78 is 32.7. The molecule has 0 aromatic rings. The number of phosphoric ester groups is 1. The minimum atomic E-state index is -4.61. The molecule has 0 saturated carbocycles. The third kappa shape index (κ3) is 40.6. The smallest absolute Gasteiger partial charge is 0.462 e. The second kappa shape index (κ2) is 41.6. The van der Waals surface area contributed by atoms with Crippen LogP contribution in [0.15, 0.2) is 24.3 Å². The highest BCUT2D eigenvalue weighted by atomic mass is 31.2. The summed E-state index contributed by atoms with van der Waals surface area (Å²) in [5, 5.41) is 18.3. The number of ether oxygens (including phenoxy) is 2. The van der Waals surface area contributed by atoms with Crippen molar-refractivity contribution in [2.45, 2.75) is 225 Å². The molecule has 0 amide bonds. The summed E-state index contributed by atoms with van der Waals surface area (Å²) in [6.45, 7) is 2.32. The fourth-order valence-electron chi connectivity index (χ4n) is 6.29. The third-order valence-corrected chi connectivity index (χ3v) is 10.8. The van der Waals surface area contributed by atoms with Crippen LogP contribution in [-0.4, -0.2) is 65.7 Å². The zero-order chi connectivity index (χ0) is 41.2. The number of hydrogen-bond donors (Lipinski definition) is 3. The fraction of sp³-hybridized carbons (Fsp3) is 0.867. The maximum absolute atomic E-state index is 12.6. The lowest BCUT2D eigenvalue weighted by molar-refractivity contribution is -0.161. The van der Waals surface area contributed by atoms with Gasteiger partial charge in [0, 0.05) is 12.8 Å². The molecule has 0 saturated heterocycles. The molecule has 0 aliphatic carbocycles. The largest absolute Gasteiger partial charge is 0.472 e. The molecule has 56 heavy (non-hydrogen) atoms. The summed E-state index contributed by atoms with van der Waals surface area (Å²) in [4.78, 5) is 34.9. The van der Waals surface area contributed by atoms with E-state index < -0.39 is 51.8 Å². The summed E-state index contributed by atoms with van der Waals surface area (Å²) in [6.07, 6.45) is 41.6. The van der Waals surface area contributed by atoms with Crippen LogP contribution in [0.5, 0.6) is 0 Å². The van der Waals surface area contributed by atoms with E-state index in [1.54, 1.807) is 0 Å². The van der Waals surface area contributed by atoms with Gasteiger partial charge in [-0.25, -0.2) is 4.57 Å². The van der Waals surface area contributed by atoms with Crippen LogP contribution in [0.2, 0.25) is 0 Å². The highest BCUT2D eigenvalue weighted by Gasteiger charge is 2.27. The SMILES string of the molecule is CCC/C=C\CCCCCCCC(=O)OCC(COP(=O)(O)OCC(O)CO)OC(=O)CCCCCCCCCCCCC/C=C\CCCCCCCCCC. The molecule has 3 atom stereocenters. The maximum Gasteiger partial charge on any atom is 0.472 e. The minimum absolute atomic E-state index is 0.184. The molecule has 0 bridgehead atoms. The van der Waals surface area contributed by atoms with Crippen molar-refractivity contribution >= 4 is 19.8 Å². The topological polar surface area (TPSA) is 149 Å². The Labute approximate surface area is 342 Å². The monoisotopic (exact) mass is 817 g/mol. The lowest BCUT2D eigenvalue weighted by atomic mass is 10.0. The Balaban J connectivity index is 4.14. The number of carbonyl (C=O) groups is 2. The van der Waals surface area contributed by atoms with Gasteiger partial charge >= 0.3 is 19.8 Å². The summed E-state index contributed by atoms with van der Waals surface area (Å²) in [5.74, 6) is -0.933. The molecule has 3 unspecified atom stereocenters. The summed E-state index contributed by atoms with van der Waals surface area (Å²) >= 11 is 0. The number of allylic oxidation sites excluding steroid dienone is 4. The molecule has 10 nitrogen and oxygen atoms in total. The van der Waals surface area contributed by atoms with E-state index in [0.717, 1.165) is 64.2 Å². The highest BCUT2D eigenvalue weighted by molar-refractivity contribution is 7.47. The molecule has 330 valence electrons. The van der Waals surface area contributed by atoms with Crippen molar-refractivity contribution in [2.75, 3.05) is 26.4 Å². The van der Waals surface area contributed by atoms with Crippen molar-refractivity contribution in [1.82, 2.24) is 0 Å². The molecular formula is C45H85O10P. The second-order valence-electron chi connectivity index (χ2n) is 15.4. The Morgan fingerprint density at radius 1 is 0.518 bits per heavy atom. The number of rotatable bonds is 43. The van der Waals surface area contributed by atoms with Crippen LogP contribution < -0.4 is 0 Å². The molecule has 0 aromatic carbocycles. The van der Waals surface area contributed by atoms with E-state index in [-0.39, 0.29) is 19.4 Å². The van der Waals surface area contributed by atoms with Crippen LogP contribution in [0.25, 0.3) is 0 Å². The third-order valence-electron chi connectivity index (χ3n) is 9.81. The van der Waals surface area contributed by atoms with E-state index in [2.05, 4.69) is 42.7 Å². The van der Waals surface area contributed by atoms with Crippen LogP contribution in [0.1, 0.15) is 213 Å². The Morgan fingerprint density at radius 3 is 1.36 bits per heavy atom. The Bertz CT molecular complexity index is 988. The second-order valence-corrected chi connectivity index (χ2v) is 16.9. The average Bonchev–Trinajstić information content (AvgIpc) is 3.19. The number of aliphatic hydroxyl groups is 2. The van der Waals surface area contributed by atoms with Crippen LogP contribution in [0, 0.1) is 0 Å². The van der Waals surface area contributed by atoms with Gasteiger partial charge in [-0.15, -0.1) is 0 Å². The van der Waals surface area contributed by atoms with Gasteiger partial charge in [0.15, 0.2) is 6.10 Å². The summed E-state index contributed by atoms with van der Waals surface area (Å²) in [5.41, 5.74) is 0. The number of carbonyl (C=O) groups excluding carboxylic acids is 2. The van der Waals surface area contributed by atoms with Crippen molar-refractivity contribution in [3.8, 4) is 0 Å².